The first-order valence-electron chi connectivity index (χ1n) is 5.91. The zero-order valence-corrected chi connectivity index (χ0v) is 12.2. The van der Waals surface area contributed by atoms with Gasteiger partial charge < -0.3 is 0 Å². The highest BCUT2D eigenvalue weighted by Crippen LogP contribution is 2.26. The highest BCUT2D eigenvalue weighted by molar-refractivity contribution is 9.09. The van der Waals surface area contributed by atoms with Gasteiger partial charge in [-0.15, -0.1) is 0 Å². The summed E-state index contributed by atoms with van der Waals surface area (Å²) in [6.07, 6.45) is 3.80. The van der Waals surface area contributed by atoms with Crippen LogP contribution < -0.4 is 4.72 Å². The van der Waals surface area contributed by atoms with E-state index >= 15 is 0 Å². The molecule has 1 N–H and O–H groups in total. The molecule has 0 aromatic heterocycles. The summed E-state index contributed by atoms with van der Waals surface area (Å²) in [6.45, 7) is 0. The monoisotopic (exact) mass is 335 g/mol. The van der Waals surface area contributed by atoms with Crippen LogP contribution in [0.3, 0.4) is 0 Å². The molecule has 0 saturated heterocycles. The molecule has 2 rings (SSSR count). The number of rotatable bonds is 3. The lowest BCUT2D eigenvalue weighted by molar-refractivity contribution is 0.426. The fourth-order valence-corrected chi connectivity index (χ4v) is 4.43. The number of benzene rings is 1. The Labute approximate surface area is 115 Å². The minimum atomic E-state index is -3.78. The predicted molar refractivity (Wildman–Crippen MR) is 71.7 cm³/mol. The molecule has 3 nitrogen and oxygen atoms in total. The highest BCUT2D eigenvalue weighted by Gasteiger charge is 2.28. The van der Waals surface area contributed by atoms with Crippen molar-refractivity contribution in [2.24, 2.45) is 0 Å². The predicted octanol–water partition coefficient (Wildman–Crippen LogP) is 2.81. The van der Waals surface area contributed by atoms with Crippen molar-refractivity contribution in [3.63, 3.8) is 0 Å². The maximum Gasteiger partial charge on any atom is 0.243 e. The molecule has 2 atom stereocenters. The average molecular weight is 336 g/mol. The van der Waals surface area contributed by atoms with Crippen LogP contribution >= 0.6 is 15.9 Å². The normalized spacial score (nSPS) is 25.0. The summed E-state index contributed by atoms with van der Waals surface area (Å²) in [6, 6.07) is 5.26. The second kappa shape index (κ2) is 5.67. The fraction of sp³-hybridized carbons (Fsp3) is 0.500. The first-order chi connectivity index (χ1) is 8.50. The number of hydrogen-bond donors (Lipinski definition) is 1. The van der Waals surface area contributed by atoms with Crippen LogP contribution in [0, 0.1) is 5.82 Å². The lowest BCUT2D eigenvalue weighted by Crippen LogP contribution is -2.42. The molecular formula is C12H15BrFNO2S. The first kappa shape index (κ1) is 14.0. The van der Waals surface area contributed by atoms with Gasteiger partial charge in [-0.2, -0.15) is 0 Å². The summed E-state index contributed by atoms with van der Waals surface area (Å²) >= 11 is 3.48. The van der Waals surface area contributed by atoms with Crippen LogP contribution in [0.4, 0.5) is 4.39 Å². The van der Waals surface area contributed by atoms with Crippen molar-refractivity contribution in [2.45, 2.75) is 41.4 Å². The van der Waals surface area contributed by atoms with Gasteiger partial charge in [0.1, 0.15) is 10.7 Å². The summed E-state index contributed by atoms with van der Waals surface area (Å²) in [4.78, 5) is -0.164. The van der Waals surface area contributed by atoms with Gasteiger partial charge in [-0.25, -0.2) is 17.5 Å². The van der Waals surface area contributed by atoms with Crippen molar-refractivity contribution in [3.8, 4) is 0 Å². The van der Waals surface area contributed by atoms with Crippen LogP contribution in [0.15, 0.2) is 29.2 Å². The Morgan fingerprint density at radius 3 is 2.56 bits per heavy atom. The maximum absolute atomic E-state index is 13.5. The summed E-state index contributed by atoms with van der Waals surface area (Å²) < 4.78 is 40.3. The van der Waals surface area contributed by atoms with E-state index in [1.54, 1.807) is 0 Å². The van der Waals surface area contributed by atoms with Gasteiger partial charge in [0.25, 0.3) is 0 Å². The molecule has 1 aromatic rings. The summed E-state index contributed by atoms with van der Waals surface area (Å²) in [5, 5.41) is 0. The van der Waals surface area contributed by atoms with Crippen LogP contribution in [0.1, 0.15) is 25.7 Å². The Morgan fingerprint density at radius 2 is 1.89 bits per heavy atom. The van der Waals surface area contributed by atoms with E-state index in [0.29, 0.717) is 0 Å². The molecule has 0 amide bonds. The zero-order chi connectivity index (χ0) is 13.2. The molecule has 6 heteroatoms. The number of nitrogens with one attached hydrogen (secondary N) is 1. The van der Waals surface area contributed by atoms with Crippen LogP contribution in [-0.4, -0.2) is 19.3 Å². The molecule has 0 bridgehead atoms. The fourth-order valence-electron chi connectivity index (χ4n) is 2.14. The summed E-state index contributed by atoms with van der Waals surface area (Å²) in [5.41, 5.74) is 0. The van der Waals surface area contributed by atoms with Crippen molar-refractivity contribution >= 4 is 26.0 Å². The minimum absolute atomic E-state index is 0.118. The lowest BCUT2D eigenvalue weighted by atomic mass is 9.96. The van der Waals surface area contributed by atoms with Crippen molar-refractivity contribution in [1.29, 1.82) is 0 Å². The molecule has 1 saturated carbocycles. The molecule has 0 spiro atoms. The van der Waals surface area contributed by atoms with Crippen LogP contribution in [0.2, 0.25) is 0 Å². The van der Waals surface area contributed by atoms with E-state index in [1.807, 2.05) is 0 Å². The zero-order valence-electron chi connectivity index (χ0n) is 9.77. The first-order valence-corrected chi connectivity index (χ1v) is 8.31. The van der Waals surface area contributed by atoms with E-state index in [4.69, 9.17) is 0 Å². The second-order valence-electron chi connectivity index (χ2n) is 4.46. The Bertz CT molecular complexity index is 521. The molecular weight excluding hydrogens is 321 g/mol. The Kier molecular flexibility index (Phi) is 4.40. The van der Waals surface area contributed by atoms with Gasteiger partial charge in [0.15, 0.2) is 0 Å². The topological polar surface area (TPSA) is 46.2 Å². The molecule has 100 valence electrons. The van der Waals surface area contributed by atoms with Gasteiger partial charge in [0.2, 0.25) is 10.0 Å². The average Bonchev–Trinajstić information content (AvgIpc) is 2.32. The van der Waals surface area contributed by atoms with Gasteiger partial charge in [0.05, 0.1) is 0 Å². The largest absolute Gasteiger partial charge is 0.243 e. The minimum Gasteiger partial charge on any atom is -0.207 e. The van der Waals surface area contributed by atoms with E-state index in [1.165, 1.54) is 18.2 Å². The highest BCUT2D eigenvalue weighted by atomic mass is 79.9. The quantitative estimate of drug-likeness (QED) is 0.863. The summed E-state index contributed by atoms with van der Waals surface area (Å²) in [5.74, 6) is -0.716. The molecule has 1 fully saturated rings. The molecule has 0 heterocycles. The Morgan fingerprint density at radius 1 is 1.22 bits per heavy atom. The van der Waals surface area contributed by atoms with Crippen LogP contribution in [0.25, 0.3) is 0 Å². The molecule has 0 aliphatic heterocycles. The molecule has 1 aromatic carbocycles. The third-order valence-electron chi connectivity index (χ3n) is 3.11. The van der Waals surface area contributed by atoms with Crippen molar-refractivity contribution in [3.05, 3.63) is 30.1 Å². The van der Waals surface area contributed by atoms with Crippen molar-refractivity contribution < 1.29 is 12.8 Å². The van der Waals surface area contributed by atoms with Gasteiger partial charge in [0, 0.05) is 10.9 Å². The second-order valence-corrected chi connectivity index (χ2v) is 7.32. The SMILES string of the molecule is O=S(=O)(NC1CCCCC1Br)c1ccccc1F. The molecule has 0 radical (unpaired) electrons. The van der Waals surface area contributed by atoms with E-state index in [0.717, 1.165) is 31.7 Å². The van der Waals surface area contributed by atoms with E-state index in [-0.39, 0.29) is 15.8 Å². The van der Waals surface area contributed by atoms with Gasteiger partial charge >= 0.3 is 0 Å². The molecule has 1 aliphatic rings. The van der Waals surface area contributed by atoms with Crippen LogP contribution in [-0.2, 0) is 10.0 Å². The number of halogens is 2. The third kappa shape index (κ3) is 3.10. The standard InChI is InChI=1S/C12H15BrFNO2S/c13-9-5-1-3-7-11(9)15-18(16,17)12-8-4-2-6-10(12)14/h2,4,6,8-9,11,15H,1,3,5,7H2. The number of sulfonamides is 1. The van der Waals surface area contributed by atoms with Crippen molar-refractivity contribution in [2.75, 3.05) is 0 Å². The number of hydrogen-bond acceptors (Lipinski definition) is 2. The van der Waals surface area contributed by atoms with E-state index in [9.17, 15) is 12.8 Å². The Balaban J connectivity index is 2.19. The van der Waals surface area contributed by atoms with E-state index < -0.39 is 15.8 Å². The summed E-state index contributed by atoms with van der Waals surface area (Å²) in [7, 11) is -3.78. The Hall–Kier alpha value is -0.460. The molecule has 18 heavy (non-hydrogen) atoms. The molecule has 1 aliphatic carbocycles. The van der Waals surface area contributed by atoms with E-state index in [2.05, 4.69) is 20.7 Å². The smallest absolute Gasteiger partial charge is 0.207 e. The maximum atomic E-state index is 13.5. The lowest BCUT2D eigenvalue weighted by Gasteiger charge is -2.27. The van der Waals surface area contributed by atoms with Gasteiger partial charge in [-0.1, -0.05) is 40.9 Å². The number of alkyl halides is 1. The van der Waals surface area contributed by atoms with Crippen LogP contribution in [0.5, 0.6) is 0 Å². The van der Waals surface area contributed by atoms with Gasteiger partial charge in [-0.3, -0.25) is 0 Å². The third-order valence-corrected chi connectivity index (χ3v) is 5.73. The van der Waals surface area contributed by atoms with Gasteiger partial charge in [-0.05, 0) is 25.0 Å². The molecule has 2 unspecified atom stereocenters. The van der Waals surface area contributed by atoms with Crippen molar-refractivity contribution in [1.82, 2.24) is 4.72 Å².